The predicted octanol–water partition coefficient (Wildman–Crippen LogP) is 2.31. The quantitative estimate of drug-likeness (QED) is 0.791. The number of carbonyl (C=O) groups is 1. The second-order valence-corrected chi connectivity index (χ2v) is 5.99. The maximum absolute atomic E-state index is 12.8. The van der Waals surface area contributed by atoms with Crippen molar-refractivity contribution in [3.05, 3.63) is 18.0 Å². The average molecular weight is 330 g/mol. The summed E-state index contributed by atoms with van der Waals surface area (Å²) < 4.78 is 43.8. The molecular weight excluding hydrogens is 313 g/mol. The Labute approximate surface area is 131 Å². The number of aromatic nitrogens is 2. The lowest BCUT2D eigenvalue weighted by molar-refractivity contribution is -0.141. The van der Waals surface area contributed by atoms with E-state index in [1.165, 1.54) is 4.90 Å². The highest BCUT2D eigenvalue weighted by atomic mass is 19.4. The van der Waals surface area contributed by atoms with Crippen molar-refractivity contribution in [1.82, 2.24) is 14.9 Å². The van der Waals surface area contributed by atoms with Crippen LogP contribution in [0.15, 0.2) is 12.3 Å². The molecule has 0 aliphatic carbocycles. The molecule has 2 fully saturated rings. The minimum atomic E-state index is -4.49. The van der Waals surface area contributed by atoms with Crippen LogP contribution in [-0.4, -0.2) is 53.2 Å². The van der Waals surface area contributed by atoms with Gasteiger partial charge in [-0.05, 0) is 18.9 Å². The van der Waals surface area contributed by atoms with Gasteiger partial charge in [-0.25, -0.2) is 14.8 Å². The Hall–Kier alpha value is -2.06. The molecule has 0 bridgehead atoms. The molecule has 6 nitrogen and oxygen atoms in total. The fraction of sp³-hybridized carbons (Fsp3) is 0.643. The van der Waals surface area contributed by atoms with Crippen LogP contribution in [0.4, 0.5) is 23.9 Å². The maximum Gasteiger partial charge on any atom is 0.433 e. The molecule has 23 heavy (non-hydrogen) atoms. The average Bonchev–Trinajstić information content (AvgIpc) is 2.66. The van der Waals surface area contributed by atoms with E-state index in [2.05, 4.69) is 9.97 Å². The molecule has 1 amide bonds. The molecule has 1 spiro atoms. The van der Waals surface area contributed by atoms with Crippen molar-refractivity contribution in [1.29, 1.82) is 0 Å². The van der Waals surface area contributed by atoms with Crippen molar-refractivity contribution in [3.63, 3.8) is 0 Å². The van der Waals surface area contributed by atoms with Crippen molar-refractivity contribution in [2.75, 3.05) is 31.6 Å². The van der Waals surface area contributed by atoms with Gasteiger partial charge in [0.25, 0.3) is 0 Å². The fourth-order valence-electron chi connectivity index (χ4n) is 3.08. The van der Waals surface area contributed by atoms with Crippen LogP contribution in [0.5, 0.6) is 0 Å². The number of halogens is 3. The lowest BCUT2D eigenvalue weighted by Crippen LogP contribution is -2.35. The third kappa shape index (κ3) is 3.18. The Kier molecular flexibility index (Phi) is 3.81. The van der Waals surface area contributed by atoms with Crippen molar-refractivity contribution < 1.29 is 22.7 Å². The summed E-state index contributed by atoms with van der Waals surface area (Å²) in [4.78, 5) is 22.4. The van der Waals surface area contributed by atoms with E-state index in [-0.39, 0.29) is 12.0 Å². The van der Waals surface area contributed by atoms with E-state index in [0.29, 0.717) is 38.9 Å². The molecule has 0 saturated carbocycles. The first-order valence-electron chi connectivity index (χ1n) is 7.38. The van der Waals surface area contributed by atoms with Gasteiger partial charge in [-0.2, -0.15) is 13.2 Å². The zero-order valence-electron chi connectivity index (χ0n) is 12.6. The number of amides is 1. The number of carbonyl (C=O) groups excluding carboxylic acids is 1. The summed E-state index contributed by atoms with van der Waals surface area (Å²) in [5.74, 6) is 0.0644. The second kappa shape index (κ2) is 5.54. The summed E-state index contributed by atoms with van der Waals surface area (Å²) in [5, 5.41) is 0. The summed E-state index contributed by atoms with van der Waals surface area (Å²) >= 11 is 0. The summed E-state index contributed by atoms with van der Waals surface area (Å²) in [7, 11) is 1.68. The molecule has 1 atom stereocenters. The van der Waals surface area contributed by atoms with Gasteiger partial charge in [0.2, 0.25) is 5.95 Å². The molecule has 1 aromatic heterocycles. The largest absolute Gasteiger partial charge is 0.441 e. The highest BCUT2D eigenvalue weighted by molar-refractivity contribution is 5.70. The Morgan fingerprint density at radius 2 is 2.09 bits per heavy atom. The van der Waals surface area contributed by atoms with Gasteiger partial charge in [-0.3, -0.25) is 0 Å². The van der Waals surface area contributed by atoms with Crippen LogP contribution in [0.3, 0.4) is 0 Å². The van der Waals surface area contributed by atoms with E-state index in [0.717, 1.165) is 12.3 Å². The lowest BCUT2D eigenvalue weighted by atomic mass is 9.95. The monoisotopic (exact) mass is 330 g/mol. The van der Waals surface area contributed by atoms with Gasteiger partial charge in [0.05, 0.1) is 6.54 Å². The highest BCUT2D eigenvalue weighted by Crippen LogP contribution is 2.34. The molecular formula is C14H17F3N4O2. The molecule has 3 rings (SSSR count). The third-order valence-corrected chi connectivity index (χ3v) is 4.25. The molecule has 3 heterocycles. The van der Waals surface area contributed by atoms with Crippen molar-refractivity contribution >= 4 is 12.0 Å². The highest BCUT2D eigenvalue weighted by Gasteiger charge is 2.44. The van der Waals surface area contributed by atoms with Gasteiger partial charge in [0.15, 0.2) is 0 Å². The fourth-order valence-corrected chi connectivity index (χ4v) is 3.08. The second-order valence-electron chi connectivity index (χ2n) is 5.99. The number of likely N-dealkylation sites (N-methyl/N-ethyl adjacent to an activating group) is 1. The van der Waals surface area contributed by atoms with Crippen molar-refractivity contribution in [3.8, 4) is 0 Å². The molecule has 0 radical (unpaired) electrons. The normalized spacial score (nSPS) is 25.7. The number of nitrogens with zero attached hydrogens (tertiary/aromatic N) is 4. The van der Waals surface area contributed by atoms with Gasteiger partial charge in [-0.1, -0.05) is 0 Å². The van der Waals surface area contributed by atoms with Gasteiger partial charge in [0, 0.05) is 32.8 Å². The van der Waals surface area contributed by atoms with Gasteiger partial charge in [-0.15, -0.1) is 0 Å². The standard InChI is InChI=1S/C14H17F3N4O2/c1-20-9-13(23-12(20)22)4-2-7-21(8-5-13)11-18-6-3-10(19-11)14(15,16)17/h3,6H,2,4-5,7-9H2,1H3/t13-/m1/s1. The molecule has 126 valence electrons. The smallest absolute Gasteiger partial charge is 0.433 e. The summed E-state index contributed by atoms with van der Waals surface area (Å²) in [5.41, 5.74) is -1.50. The Bertz CT molecular complexity index is 610. The predicted molar refractivity (Wildman–Crippen MR) is 74.9 cm³/mol. The van der Waals surface area contributed by atoms with E-state index >= 15 is 0 Å². The molecule has 2 aliphatic heterocycles. The molecule has 1 aromatic rings. The first-order chi connectivity index (χ1) is 10.8. The molecule has 2 saturated heterocycles. The minimum absolute atomic E-state index is 0.0644. The number of anilines is 1. The summed E-state index contributed by atoms with van der Waals surface area (Å²) in [6, 6.07) is 0.858. The van der Waals surface area contributed by atoms with Crippen molar-refractivity contribution in [2.24, 2.45) is 0 Å². The van der Waals surface area contributed by atoms with Crippen LogP contribution in [0.25, 0.3) is 0 Å². The van der Waals surface area contributed by atoms with E-state index in [1.54, 1.807) is 11.9 Å². The SMILES string of the molecule is CN1C[C@]2(CCCN(c3nccc(C(F)(F)F)n3)CC2)OC1=O. The Balaban J connectivity index is 1.75. The number of alkyl halides is 3. The van der Waals surface area contributed by atoms with E-state index in [9.17, 15) is 18.0 Å². The zero-order valence-corrected chi connectivity index (χ0v) is 12.6. The van der Waals surface area contributed by atoms with Crippen LogP contribution in [0.2, 0.25) is 0 Å². The number of hydrogen-bond acceptors (Lipinski definition) is 5. The molecule has 0 unspecified atom stereocenters. The number of ether oxygens (including phenoxy) is 1. The first-order valence-corrected chi connectivity index (χ1v) is 7.38. The maximum atomic E-state index is 12.8. The number of hydrogen-bond donors (Lipinski definition) is 0. The van der Waals surface area contributed by atoms with Gasteiger partial charge in [0.1, 0.15) is 11.3 Å². The van der Waals surface area contributed by atoms with Crippen LogP contribution in [0.1, 0.15) is 25.0 Å². The van der Waals surface area contributed by atoms with Crippen LogP contribution in [-0.2, 0) is 10.9 Å². The minimum Gasteiger partial charge on any atom is -0.441 e. The van der Waals surface area contributed by atoms with E-state index < -0.39 is 17.5 Å². The van der Waals surface area contributed by atoms with E-state index in [4.69, 9.17) is 4.74 Å². The Morgan fingerprint density at radius 1 is 1.30 bits per heavy atom. The van der Waals surface area contributed by atoms with Crippen LogP contribution < -0.4 is 4.90 Å². The summed E-state index contributed by atoms with van der Waals surface area (Å²) in [6.07, 6.45) is -1.81. The summed E-state index contributed by atoms with van der Waals surface area (Å²) in [6.45, 7) is 1.48. The van der Waals surface area contributed by atoms with Gasteiger partial charge < -0.3 is 14.5 Å². The van der Waals surface area contributed by atoms with E-state index in [1.807, 2.05) is 0 Å². The third-order valence-electron chi connectivity index (χ3n) is 4.25. The molecule has 0 N–H and O–H groups in total. The first kappa shape index (κ1) is 15.8. The molecule has 9 heteroatoms. The Morgan fingerprint density at radius 3 is 2.74 bits per heavy atom. The number of rotatable bonds is 1. The zero-order chi connectivity index (χ0) is 16.7. The van der Waals surface area contributed by atoms with Crippen molar-refractivity contribution in [2.45, 2.75) is 31.0 Å². The molecule has 0 aromatic carbocycles. The molecule has 2 aliphatic rings. The van der Waals surface area contributed by atoms with Crippen LogP contribution >= 0.6 is 0 Å². The van der Waals surface area contributed by atoms with Crippen LogP contribution in [0, 0.1) is 0 Å². The topological polar surface area (TPSA) is 58.6 Å². The van der Waals surface area contributed by atoms with Gasteiger partial charge >= 0.3 is 12.3 Å². The lowest BCUT2D eigenvalue weighted by Gasteiger charge is -2.25.